The second-order valence-corrected chi connectivity index (χ2v) is 8.51. The summed E-state index contributed by atoms with van der Waals surface area (Å²) >= 11 is 0. The van der Waals surface area contributed by atoms with Gasteiger partial charge in [-0.05, 0) is 66.6 Å². The quantitative estimate of drug-likeness (QED) is 0.373. The lowest BCUT2D eigenvalue weighted by atomic mass is 9.96. The topological polar surface area (TPSA) is 43.3 Å². The zero-order valence-electron chi connectivity index (χ0n) is 19.2. The summed E-state index contributed by atoms with van der Waals surface area (Å²) in [4.78, 5) is 0. The van der Waals surface area contributed by atoms with Crippen molar-refractivity contribution in [3.8, 4) is 17.2 Å². The number of methoxy groups -OCH3 is 1. The number of hydrogen-bond acceptors (Lipinski definition) is 5. The molecule has 5 rings (SSSR count). The number of benzene rings is 3. The van der Waals surface area contributed by atoms with Crippen LogP contribution in [0.2, 0.25) is 0 Å². The van der Waals surface area contributed by atoms with Crippen molar-refractivity contribution in [3.05, 3.63) is 89.5 Å². The molecule has 2 heterocycles. The fourth-order valence-corrected chi connectivity index (χ4v) is 4.48. The molecule has 0 N–H and O–H groups in total. The summed E-state index contributed by atoms with van der Waals surface area (Å²) < 4.78 is 17.7. The minimum Gasteiger partial charge on any atom is -0.497 e. The molecule has 0 spiro atoms. The van der Waals surface area contributed by atoms with Gasteiger partial charge in [0.1, 0.15) is 17.2 Å². The van der Waals surface area contributed by atoms with Crippen molar-refractivity contribution in [3.63, 3.8) is 0 Å². The maximum atomic E-state index is 6.46. The second kappa shape index (κ2) is 9.57. The number of unbranched alkanes of at least 4 members (excludes halogenated alkanes) is 2. The summed E-state index contributed by atoms with van der Waals surface area (Å²) in [6, 6.07) is 24.8. The van der Waals surface area contributed by atoms with E-state index in [1.807, 2.05) is 30.3 Å². The van der Waals surface area contributed by atoms with E-state index in [9.17, 15) is 0 Å². The molecule has 2 aliphatic heterocycles. The number of fused-ring (bicyclic) bond motifs is 3. The van der Waals surface area contributed by atoms with Gasteiger partial charge < -0.3 is 14.2 Å². The summed E-state index contributed by atoms with van der Waals surface area (Å²) in [6.45, 7) is 2.95. The Labute approximate surface area is 195 Å². The van der Waals surface area contributed by atoms with E-state index < -0.39 is 0 Å². The Morgan fingerprint density at radius 2 is 1.70 bits per heavy atom. The molecule has 2 unspecified atom stereocenters. The zero-order valence-corrected chi connectivity index (χ0v) is 19.2. The summed E-state index contributed by atoms with van der Waals surface area (Å²) in [5.41, 5.74) is 4.41. The standard InChI is InChI=1S/C28H30N2O3/c1-3-4-7-18-32-23-16-12-21(13-17-23)28-30-26(24-8-5-6-9-27(24)33-28)19-25(29-30)20-10-14-22(31-2)15-11-20/h5-6,8-17,26,28H,3-4,7,18-19H2,1-2H3. The van der Waals surface area contributed by atoms with Gasteiger partial charge in [-0.3, -0.25) is 0 Å². The highest BCUT2D eigenvalue weighted by Gasteiger charge is 2.40. The molecule has 2 atom stereocenters. The van der Waals surface area contributed by atoms with Crippen molar-refractivity contribution >= 4 is 5.71 Å². The van der Waals surface area contributed by atoms with Crippen LogP contribution in [0.15, 0.2) is 77.9 Å². The van der Waals surface area contributed by atoms with E-state index in [1.54, 1.807) is 7.11 Å². The third kappa shape index (κ3) is 4.40. The van der Waals surface area contributed by atoms with Crippen LogP contribution in [0, 0.1) is 0 Å². The molecule has 33 heavy (non-hydrogen) atoms. The van der Waals surface area contributed by atoms with E-state index in [4.69, 9.17) is 19.3 Å². The summed E-state index contributed by atoms with van der Waals surface area (Å²) in [5.74, 6) is 2.67. The molecular weight excluding hydrogens is 412 g/mol. The maximum absolute atomic E-state index is 6.46. The van der Waals surface area contributed by atoms with Crippen molar-refractivity contribution in [2.75, 3.05) is 13.7 Å². The largest absolute Gasteiger partial charge is 0.497 e. The van der Waals surface area contributed by atoms with Crippen molar-refractivity contribution in [1.29, 1.82) is 0 Å². The molecule has 0 aromatic heterocycles. The monoisotopic (exact) mass is 442 g/mol. The van der Waals surface area contributed by atoms with Crippen molar-refractivity contribution in [2.45, 2.75) is 44.9 Å². The molecule has 3 aromatic rings. The van der Waals surface area contributed by atoms with Gasteiger partial charge in [0.15, 0.2) is 0 Å². The fraction of sp³-hybridized carbons (Fsp3) is 0.321. The maximum Gasteiger partial charge on any atom is 0.213 e. The first-order valence-electron chi connectivity index (χ1n) is 11.8. The lowest BCUT2D eigenvalue weighted by Crippen LogP contribution is -2.33. The van der Waals surface area contributed by atoms with Gasteiger partial charge in [0.25, 0.3) is 0 Å². The average molecular weight is 443 g/mol. The van der Waals surface area contributed by atoms with Crippen LogP contribution in [0.5, 0.6) is 17.2 Å². The number of hydrogen-bond donors (Lipinski definition) is 0. The molecule has 0 saturated carbocycles. The molecule has 0 saturated heterocycles. The predicted molar refractivity (Wildman–Crippen MR) is 130 cm³/mol. The molecule has 5 heteroatoms. The SMILES string of the molecule is CCCCCOc1ccc(C2Oc3ccccc3C3CC(c4ccc(OC)cc4)=NN32)cc1. The minimum absolute atomic E-state index is 0.141. The Balaban J connectivity index is 1.41. The van der Waals surface area contributed by atoms with Gasteiger partial charge in [0, 0.05) is 17.5 Å². The number of ether oxygens (including phenoxy) is 3. The number of para-hydroxylation sites is 1. The van der Waals surface area contributed by atoms with E-state index in [0.29, 0.717) is 0 Å². The Morgan fingerprint density at radius 3 is 2.45 bits per heavy atom. The van der Waals surface area contributed by atoms with Crippen LogP contribution in [0.25, 0.3) is 0 Å². The molecule has 0 fully saturated rings. The van der Waals surface area contributed by atoms with Gasteiger partial charge in [-0.15, -0.1) is 0 Å². The van der Waals surface area contributed by atoms with Gasteiger partial charge in [-0.2, -0.15) is 5.10 Å². The summed E-state index contributed by atoms with van der Waals surface area (Å²) in [6.07, 6.45) is 4.02. The third-order valence-electron chi connectivity index (χ3n) is 6.30. The van der Waals surface area contributed by atoms with Crippen LogP contribution in [0.3, 0.4) is 0 Å². The Hall–Kier alpha value is -3.47. The normalized spacial score (nSPS) is 18.7. The van der Waals surface area contributed by atoms with E-state index in [0.717, 1.165) is 53.5 Å². The number of nitrogens with zero attached hydrogens (tertiary/aromatic N) is 2. The van der Waals surface area contributed by atoms with Crippen LogP contribution in [-0.2, 0) is 0 Å². The van der Waals surface area contributed by atoms with Gasteiger partial charge in [-0.1, -0.05) is 38.0 Å². The van der Waals surface area contributed by atoms with Gasteiger partial charge in [-0.25, -0.2) is 5.01 Å². The molecule has 0 radical (unpaired) electrons. The van der Waals surface area contributed by atoms with Crippen LogP contribution < -0.4 is 14.2 Å². The van der Waals surface area contributed by atoms with Crippen molar-refractivity contribution < 1.29 is 14.2 Å². The van der Waals surface area contributed by atoms with Crippen LogP contribution in [0.4, 0.5) is 0 Å². The average Bonchev–Trinajstić information content (AvgIpc) is 3.32. The Morgan fingerprint density at radius 1 is 0.939 bits per heavy atom. The van der Waals surface area contributed by atoms with Gasteiger partial charge >= 0.3 is 0 Å². The highest BCUT2D eigenvalue weighted by molar-refractivity contribution is 6.02. The molecule has 0 bridgehead atoms. The fourth-order valence-electron chi connectivity index (χ4n) is 4.48. The first kappa shape index (κ1) is 21.4. The van der Waals surface area contributed by atoms with Crippen LogP contribution >= 0.6 is 0 Å². The highest BCUT2D eigenvalue weighted by Crippen LogP contribution is 2.47. The van der Waals surface area contributed by atoms with E-state index in [1.165, 1.54) is 18.4 Å². The number of rotatable bonds is 8. The first-order chi connectivity index (χ1) is 16.3. The molecule has 0 amide bonds. The van der Waals surface area contributed by atoms with E-state index in [-0.39, 0.29) is 12.3 Å². The van der Waals surface area contributed by atoms with Crippen LogP contribution in [-0.4, -0.2) is 24.4 Å². The van der Waals surface area contributed by atoms with Gasteiger partial charge in [0.2, 0.25) is 6.23 Å². The van der Waals surface area contributed by atoms with Gasteiger partial charge in [0.05, 0.1) is 25.5 Å². The van der Waals surface area contributed by atoms with Crippen molar-refractivity contribution in [2.24, 2.45) is 5.10 Å². The second-order valence-electron chi connectivity index (χ2n) is 8.51. The Bertz CT molecular complexity index is 1110. The third-order valence-corrected chi connectivity index (χ3v) is 6.30. The molecule has 3 aromatic carbocycles. The van der Waals surface area contributed by atoms with E-state index >= 15 is 0 Å². The minimum atomic E-state index is -0.283. The molecule has 170 valence electrons. The lowest BCUT2D eigenvalue weighted by Gasteiger charge is -2.38. The highest BCUT2D eigenvalue weighted by atomic mass is 16.5. The zero-order chi connectivity index (χ0) is 22.6. The summed E-state index contributed by atoms with van der Waals surface area (Å²) in [5, 5.41) is 7.15. The first-order valence-corrected chi connectivity index (χ1v) is 11.8. The molecule has 2 aliphatic rings. The van der Waals surface area contributed by atoms with Crippen molar-refractivity contribution in [1.82, 2.24) is 5.01 Å². The molecule has 5 nitrogen and oxygen atoms in total. The Kier molecular flexibility index (Phi) is 6.20. The van der Waals surface area contributed by atoms with Crippen LogP contribution in [0.1, 0.15) is 61.6 Å². The lowest BCUT2D eigenvalue weighted by molar-refractivity contribution is -0.0190. The van der Waals surface area contributed by atoms with E-state index in [2.05, 4.69) is 54.4 Å². The molecular formula is C28H30N2O3. The molecule has 0 aliphatic carbocycles. The smallest absolute Gasteiger partial charge is 0.213 e. The summed E-state index contributed by atoms with van der Waals surface area (Å²) in [7, 11) is 1.68. The predicted octanol–water partition coefficient (Wildman–Crippen LogP) is 6.51. The number of hydrazone groups is 1.